The van der Waals surface area contributed by atoms with Gasteiger partial charge in [-0.2, -0.15) is 0 Å². The molecule has 3 nitrogen and oxygen atoms in total. The van der Waals surface area contributed by atoms with E-state index in [1.54, 1.807) is 6.92 Å². The molecule has 0 N–H and O–H groups in total. The number of hydrogen-bond donors (Lipinski definition) is 0. The third-order valence-electron chi connectivity index (χ3n) is 2.69. The van der Waals surface area contributed by atoms with E-state index in [9.17, 15) is 18.0 Å². The van der Waals surface area contributed by atoms with Crippen molar-refractivity contribution < 1.29 is 27.4 Å². The molecule has 0 saturated heterocycles. The lowest BCUT2D eigenvalue weighted by Crippen LogP contribution is -2.44. The van der Waals surface area contributed by atoms with Gasteiger partial charge in [0, 0.05) is 6.42 Å². The van der Waals surface area contributed by atoms with Crippen molar-refractivity contribution in [2.45, 2.75) is 51.0 Å². The van der Waals surface area contributed by atoms with Crippen LogP contribution in [0.3, 0.4) is 0 Å². The molecule has 0 aromatic heterocycles. The molecule has 1 fully saturated rings. The standard InChI is InChI=1S/C10H15F3O3/c1-2-15-8(14)4-7-9(5-3-6-9)16-10(11,12)13/h2-7H2,1H3. The highest BCUT2D eigenvalue weighted by atomic mass is 19.4. The Balaban J connectivity index is 2.39. The van der Waals surface area contributed by atoms with Gasteiger partial charge in [-0.25, -0.2) is 0 Å². The fraction of sp³-hybridized carbons (Fsp3) is 0.900. The van der Waals surface area contributed by atoms with E-state index in [1.165, 1.54) is 0 Å². The number of alkyl halides is 3. The van der Waals surface area contributed by atoms with Crippen molar-refractivity contribution in [2.24, 2.45) is 0 Å². The molecule has 0 unspecified atom stereocenters. The van der Waals surface area contributed by atoms with Gasteiger partial charge in [0.25, 0.3) is 0 Å². The minimum absolute atomic E-state index is 0.0239. The summed E-state index contributed by atoms with van der Waals surface area (Å²) in [5.41, 5.74) is -1.19. The Kier molecular flexibility index (Phi) is 4.18. The third-order valence-corrected chi connectivity index (χ3v) is 2.69. The van der Waals surface area contributed by atoms with Crippen LogP contribution in [-0.2, 0) is 14.3 Å². The van der Waals surface area contributed by atoms with Crippen LogP contribution >= 0.6 is 0 Å². The van der Waals surface area contributed by atoms with Crippen molar-refractivity contribution in [3.05, 3.63) is 0 Å². The fourth-order valence-electron chi connectivity index (χ4n) is 1.78. The Bertz CT molecular complexity index is 246. The van der Waals surface area contributed by atoms with Crippen LogP contribution < -0.4 is 0 Å². The smallest absolute Gasteiger partial charge is 0.466 e. The number of rotatable bonds is 5. The number of halogens is 3. The SMILES string of the molecule is CCOC(=O)CCC1(OC(F)(F)F)CCC1. The molecule has 94 valence electrons. The van der Waals surface area contributed by atoms with E-state index in [2.05, 4.69) is 9.47 Å². The first-order valence-corrected chi connectivity index (χ1v) is 5.29. The highest BCUT2D eigenvalue weighted by Crippen LogP contribution is 2.43. The Hall–Kier alpha value is -0.780. The molecule has 0 aromatic rings. The van der Waals surface area contributed by atoms with Gasteiger partial charge in [-0.15, -0.1) is 13.2 Å². The lowest BCUT2D eigenvalue weighted by molar-refractivity contribution is -0.379. The van der Waals surface area contributed by atoms with Crippen molar-refractivity contribution in [1.29, 1.82) is 0 Å². The van der Waals surface area contributed by atoms with Crippen molar-refractivity contribution in [2.75, 3.05) is 6.61 Å². The maximum atomic E-state index is 12.1. The molecule has 16 heavy (non-hydrogen) atoms. The van der Waals surface area contributed by atoms with Gasteiger partial charge in [0.1, 0.15) is 0 Å². The molecule has 0 amide bonds. The Morgan fingerprint density at radius 2 is 2.00 bits per heavy atom. The molecule has 1 aliphatic rings. The summed E-state index contributed by atoms with van der Waals surface area (Å²) in [6.45, 7) is 1.90. The fourth-order valence-corrected chi connectivity index (χ4v) is 1.78. The Morgan fingerprint density at radius 3 is 2.38 bits per heavy atom. The lowest BCUT2D eigenvalue weighted by atomic mass is 9.77. The summed E-state index contributed by atoms with van der Waals surface area (Å²) < 4.78 is 45.1. The van der Waals surface area contributed by atoms with E-state index in [0.29, 0.717) is 19.3 Å². The largest absolute Gasteiger partial charge is 0.523 e. The van der Waals surface area contributed by atoms with Crippen molar-refractivity contribution in [3.8, 4) is 0 Å². The first-order chi connectivity index (χ1) is 7.37. The summed E-state index contributed by atoms with van der Waals surface area (Å²) in [6.07, 6.45) is -3.17. The van der Waals surface area contributed by atoms with Crippen LogP contribution in [0.5, 0.6) is 0 Å². The molecule has 0 bridgehead atoms. The van der Waals surface area contributed by atoms with Crippen LogP contribution in [0.2, 0.25) is 0 Å². The molecule has 0 atom stereocenters. The third kappa shape index (κ3) is 4.00. The number of esters is 1. The molecule has 0 heterocycles. The van der Waals surface area contributed by atoms with E-state index in [-0.39, 0.29) is 19.4 Å². The van der Waals surface area contributed by atoms with E-state index in [1.807, 2.05) is 0 Å². The predicted molar refractivity (Wildman–Crippen MR) is 49.6 cm³/mol. The quantitative estimate of drug-likeness (QED) is 0.693. The van der Waals surface area contributed by atoms with Crippen LogP contribution in [0.1, 0.15) is 39.0 Å². The second-order valence-corrected chi connectivity index (χ2v) is 3.89. The second-order valence-electron chi connectivity index (χ2n) is 3.89. The Morgan fingerprint density at radius 1 is 1.38 bits per heavy atom. The summed E-state index contributed by atoms with van der Waals surface area (Å²) in [7, 11) is 0. The number of ether oxygens (including phenoxy) is 2. The van der Waals surface area contributed by atoms with E-state index < -0.39 is 17.9 Å². The van der Waals surface area contributed by atoms with Gasteiger partial charge in [-0.05, 0) is 32.6 Å². The molecule has 0 aliphatic heterocycles. The number of hydrogen-bond acceptors (Lipinski definition) is 3. The van der Waals surface area contributed by atoms with Crippen LogP contribution in [0.15, 0.2) is 0 Å². The summed E-state index contributed by atoms with van der Waals surface area (Å²) in [5.74, 6) is -0.473. The first-order valence-electron chi connectivity index (χ1n) is 5.29. The average molecular weight is 240 g/mol. The van der Waals surface area contributed by atoms with Gasteiger partial charge in [0.05, 0.1) is 12.2 Å². The van der Waals surface area contributed by atoms with Crippen molar-refractivity contribution in [3.63, 3.8) is 0 Å². The molecule has 0 aromatic carbocycles. The van der Waals surface area contributed by atoms with E-state index in [4.69, 9.17) is 0 Å². The molecule has 6 heteroatoms. The van der Waals surface area contributed by atoms with Crippen molar-refractivity contribution in [1.82, 2.24) is 0 Å². The molecule has 0 radical (unpaired) electrons. The lowest BCUT2D eigenvalue weighted by Gasteiger charge is -2.41. The van der Waals surface area contributed by atoms with Gasteiger partial charge in [0.2, 0.25) is 0 Å². The van der Waals surface area contributed by atoms with Crippen LogP contribution in [0.4, 0.5) is 13.2 Å². The first kappa shape index (κ1) is 13.3. The zero-order valence-corrected chi connectivity index (χ0v) is 9.10. The van der Waals surface area contributed by atoms with E-state index in [0.717, 1.165) is 0 Å². The molecular weight excluding hydrogens is 225 g/mol. The maximum Gasteiger partial charge on any atom is 0.523 e. The minimum atomic E-state index is -4.63. The zero-order valence-electron chi connectivity index (χ0n) is 9.10. The van der Waals surface area contributed by atoms with Gasteiger partial charge < -0.3 is 4.74 Å². The predicted octanol–water partition coefficient (Wildman–Crippen LogP) is 2.79. The summed E-state index contributed by atoms with van der Waals surface area (Å²) >= 11 is 0. The molecule has 1 aliphatic carbocycles. The summed E-state index contributed by atoms with van der Waals surface area (Å²) in [4.78, 5) is 11.0. The number of carbonyl (C=O) groups excluding carboxylic acids is 1. The highest BCUT2D eigenvalue weighted by Gasteiger charge is 2.47. The monoisotopic (exact) mass is 240 g/mol. The van der Waals surface area contributed by atoms with Gasteiger partial charge >= 0.3 is 12.3 Å². The van der Waals surface area contributed by atoms with E-state index >= 15 is 0 Å². The van der Waals surface area contributed by atoms with Crippen LogP contribution in [0.25, 0.3) is 0 Å². The molecular formula is C10H15F3O3. The van der Waals surface area contributed by atoms with Crippen LogP contribution in [-0.4, -0.2) is 24.5 Å². The second kappa shape index (κ2) is 5.03. The summed E-state index contributed by atoms with van der Waals surface area (Å²) in [5, 5.41) is 0. The van der Waals surface area contributed by atoms with Gasteiger partial charge in [-0.3, -0.25) is 9.53 Å². The average Bonchev–Trinajstić information content (AvgIpc) is 2.08. The molecule has 1 rings (SSSR count). The Labute approximate surface area is 91.9 Å². The van der Waals surface area contributed by atoms with Gasteiger partial charge in [-0.1, -0.05) is 0 Å². The summed E-state index contributed by atoms with van der Waals surface area (Å²) in [6, 6.07) is 0. The van der Waals surface area contributed by atoms with Crippen molar-refractivity contribution >= 4 is 5.97 Å². The minimum Gasteiger partial charge on any atom is -0.466 e. The normalized spacial score (nSPS) is 19.0. The number of carbonyl (C=O) groups is 1. The van der Waals surface area contributed by atoms with Crippen LogP contribution in [0, 0.1) is 0 Å². The topological polar surface area (TPSA) is 35.5 Å². The molecule has 0 spiro atoms. The molecule has 1 saturated carbocycles. The zero-order chi connectivity index (χ0) is 12.2. The van der Waals surface area contributed by atoms with Gasteiger partial charge in [0.15, 0.2) is 0 Å². The highest BCUT2D eigenvalue weighted by molar-refractivity contribution is 5.69. The maximum absolute atomic E-state index is 12.1.